The molecule has 2 N–H and O–H groups in total. The molecule has 2 aliphatic rings. The summed E-state index contributed by atoms with van der Waals surface area (Å²) in [6.45, 7) is 5.98. The Labute approximate surface area is 147 Å². The first-order valence-corrected chi connectivity index (χ1v) is 8.77. The maximum atomic E-state index is 12.9. The van der Waals surface area contributed by atoms with Crippen molar-refractivity contribution < 1.29 is 24.4 Å². The van der Waals surface area contributed by atoms with Gasteiger partial charge in [-0.2, -0.15) is 0 Å². The number of aryl methyl sites for hydroxylation is 1. The maximum absolute atomic E-state index is 12.9. The van der Waals surface area contributed by atoms with E-state index in [1.54, 1.807) is 6.92 Å². The van der Waals surface area contributed by atoms with Crippen LogP contribution in [0.3, 0.4) is 0 Å². The van der Waals surface area contributed by atoms with Crippen LogP contribution in [0.5, 0.6) is 0 Å². The number of rotatable bonds is 4. The van der Waals surface area contributed by atoms with E-state index in [1.807, 2.05) is 43.4 Å². The van der Waals surface area contributed by atoms with Crippen molar-refractivity contribution in [2.75, 3.05) is 13.7 Å². The van der Waals surface area contributed by atoms with E-state index in [4.69, 9.17) is 4.74 Å². The van der Waals surface area contributed by atoms with Crippen molar-refractivity contribution in [3.8, 4) is 0 Å². The molecule has 2 amide bonds. The zero-order valence-corrected chi connectivity index (χ0v) is 15.1. The summed E-state index contributed by atoms with van der Waals surface area (Å²) in [5.41, 5.74) is 1.03. The summed E-state index contributed by atoms with van der Waals surface area (Å²) in [6.07, 6.45) is 0.430. The van der Waals surface area contributed by atoms with Crippen molar-refractivity contribution in [1.82, 2.24) is 4.90 Å². The number of hydrogen-bond donors (Lipinski definition) is 1. The minimum absolute atomic E-state index is 0.182. The lowest BCUT2D eigenvalue weighted by Gasteiger charge is -2.28. The third-order valence-electron chi connectivity index (χ3n) is 5.79. The monoisotopic (exact) mass is 345 g/mol. The van der Waals surface area contributed by atoms with Crippen LogP contribution in [-0.4, -0.2) is 41.9 Å². The first kappa shape index (κ1) is 17.6. The summed E-state index contributed by atoms with van der Waals surface area (Å²) in [5.74, 6) is -2.08. The highest BCUT2D eigenvalue weighted by Gasteiger charge is 2.71. The molecule has 2 fully saturated rings. The molecule has 2 aliphatic heterocycles. The Morgan fingerprint density at radius 1 is 1.20 bits per heavy atom. The average Bonchev–Trinajstić information content (AvgIpc) is 3.10. The van der Waals surface area contributed by atoms with Crippen LogP contribution >= 0.6 is 0 Å². The Bertz CT molecular complexity index is 715. The van der Waals surface area contributed by atoms with Crippen molar-refractivity contribution in [3.05, 3.63) is 35.4 Å². The molecule has 3 rings (SSSR count). The Morgan fingerprint density at radius 2 is 1.84 bits per heavy atom. The second kappa shape index (κ2) is 6.26. The van der Waals surface area contributed by atoms with Gasteiger partial charge >= 0.3 is 5.97 Å². The molecule has 2 saturated heterocycles. The number of imide groups is 1. The Balaban J connectivity index is 2.13. The highest BCUT2D eigenvalue weighted by Crippen LogP contribution is 2.45. The lowest BCUT2D eigenvalue weighted by Crippen LogP contribution is -2.98. The van der Waals surface area contributed by atoms with E-state index in [-0.39, 0.29) is 17.9 Å². The summed E-state index contributed by atoms with van der Waals surface area (Å²) < 4.78 is 5.04. The van der Waals surface area contributed by atoms with E-state index in [2.05, 4.69) is 0 Å². The number of amides is 2. The van der Waals surface area contributed by atoms with E-state index in [1.165, 1.54) is 12.0 Å². The van der Waals surface area contributed by atoms with Crippen molar-refractivity contribution >= 4 is 17.8 Å². The van der Waals surface area contributed by atoms with Crippen LogP contribution in [0.2, 0.25) is 0 Å². The van der Waals surface area contributed by atoms with Gasteiger partial charge in [0.25, 0.3) is 0 Å². The number of benzene rings is 1. The molecule has 0 spiro atoms. The first-order valence-electron chi connectivity index (χ1n) is 8.77. The number of quaternary nitrogens is 1. The van der Waals surface area contributed by atoms with E-state index in [0.29, 0.717) is 13.0 Å². The fourth-order valence-corrected chi connectivity index (χ4v) is 4.45. The van der Waals surface area contributed by atoms with Crippen LogP contribution in [0.4, 0.5) is 0 Å². The van der Waals surface area contributed by atoms with Crippen LogP contribution in [0.25, 0.3) is 0 Å². The highest BCUT2D eigenvalue weighted by atomic mass is 16.5. The second-order valence-corrected chi connectivity index (χ2v) is 6.91. The number of hydrogen-bond acceptors (Lipinski definition) is 4. The summed E-state index contributed by atoms with van der Waals surface area (Å²) in [7, 11) is 1.33. The van der Waals surface area contributed by atoms with Gasteiger partial charge < -0.3 is 10.1 Å². The molecule has 0 aliphatic carbocycles. The molecule has 1 aromatic rings. The summed E-state index contributed by atoms with van der Waals surface area (Å²) >= 11 is 0. The number of esters is 1. The van der Waals surface area contributed by atoms with Gasteiger partial charge in [-0.25, -0.2) is 4.79 Å². The third-order valence-corrected chi connectivity index (χ3v) is 5.79. The smallest absolute Gasteiger partial charge is 0.368 e. The van der Waals surface area contributed by atoms with Gasteiger partial charge in [0.1, 0.15) is 17.9 Å². The van der Waals surface area contributed by atoms with E-state index >= 15 is 0 Å². The molecule has 6 heteroatoms. The number of ether oxygens (including phenoxy) is 1. The van der Waals surface area contributed by atoms with Crippen molar-refractivity contribution in [2.45, 2.75) is 38.8 Å². The van der Waals surface area contributed by atoms with Gasteiger partial charge in [-0.05, 0) is 13.8 Å². The standard InChI is InChI=1S/C19H24N2O4/c1-5-19(18(24)25-4)14-13(16(22)21(6-2)17(14)23)15(20-19)12-9-7-11(3)8-10-12/h7-10,13-15,20H,5-6H2,1-4H3/p+1/t13-,14-,15-,19+/m0/s1. The predicted octanol–water partition coefficient (Wildman–Crippen LogP) is 0.556. The number of nitrogens with zero attached hydrogens (tertiary/aromatic N) is 1. The van der Waals surface area contributed by atoms with Crippen LogP contribution < -0.4 is 5.32 Å². The van der Waals surface area contributed by atoms with Gasteiger partial charge in [0, 0.05) is 18.5 Å². The molecule has 0 aromatic heterocycles. The van der Waals surface area contributed by atoms with E-state index in [9.17, 15) is 14.4 Å². The molecule has 134 valence electrons. The Kier molecular flexibility index (Phi) is 4.41. The van der Waals surface area contributed by atoms with E-state index < -0.39 is 23.3 Å². The van der Waals surface area contributed by atoms with Crippen LogP contribution in [0.15, 0.2) is 24.3 Å². The average molecular weight is 345 g/mol. The quantitative estimate of drug-likeness (QED) is 0.639. The molecule has 6 nitrogen and oxygen atoms in total. The zero-order valence-electron chi connectivity index (χ0n) is 15.1. The van der Waals surface area contributed by atoms with Gasteiger partial charge in [0.2, 0.25) is 17.4 Å². The largest absolute Gasteiger partial charge is 0.464 e. The van der Waals surface area contributed by atoms with E-state index in [0.717, 1.165) is 11.1 Å². The summed E-state index contributed by atoms with van der Waals surface area (Å²) in [4.78, 5) is 39.8. The van der Waals surface area contributed by atoms with Gasteiger partial charge in [-0.15, -0.1) is 0 Å². The van der Waals surface area contributed by atoms with Crippen LogP contribution in [0, 0.1) is 18.8 Å². The molecule has 2 heterocycles. The maximum Gasteiger partial charge on any atom is 0.368 e. The molecule has 0 unspecified atom stereocenters. The van der Waals surface area contributed by atoms with Crippen molar-refractivity contribution in [3.63, 3.8) is 0 Å². The minimum atomic E-state index is -1.05. The molecule has 4 atom stereocenters. The lowest BCUT2D eigenvalue weighted by molar-refractivity contribution is -0.734. The SMILES string of the molecule is CCN1C(=O)[C@H]2[C@@H](C1=O)[C@](CC)(C(=O)OC)[NH2+][C@H]2c1ccc(C)cc1. The van der Waals surface area contributed by atoms with Crippen molar-refractivity contribution in [2.24, 2.45) is 11.8 Å². The fourth-order valence-electron chi connectivity index (χ4n) is 4.45. The lowest BCUT2D eigenvalue weighted by atomic mass is 9.78. The molecule has 1 aromatic carbocycles. The number of likely N-dealkylation sites (tertiary alicyclic amines) is 1. The Hall–Kier alpha value is -2.21. The molecular formula is C19H25N2O4+. The highest BCUT2D eigenvalue weighted by molar-refractivity contribution is 6.08. The third kappa shape index (κ3) is 2.39. The van der Waals surface area contributed by atoms with Gasteiger partial charge in [0.15, 0.2) is 0 Å². The van der Waals surface area contributed by atoms with Crippen molar-refractivity contribution in [1.29, 1.82) is 0 Å². The summed E-state index contributed by atoms with van der Waals surface area (Å²) in [6, 6.07) is 7.66. The first-order chi connectivity index (χ1) is 11.9. The molecular weight excluding hydrogens is 320 g/mol. The molecule has 25 heavy (non-hydrogen) atoms. The Morgan fingerprint density at radius 3 is 2.36 bits per heavy atom. The number of carbonyl (C=O) groups excluding carboxylic acids is 3. The normalized spacial score (nSPS) is 31.4. The fraction of sp³-hybridized carbons (Fsp3) is 0.526. The summed E-state index contributed by atoms with van der Waals surface area (Å²) in [5, 5.41) is 1.89. The van der Waals surface area contributed by atoms with Gasteiger partial charge in [-0.3, -0.25) is 14.5 Å². The number of carbonyl (C=O) groups is 3. The van der Waals surface area contributed by atoms with Gasteiger partial charge in [-0.1, -0.05) is 36.8 Å². The second-order valence-electron chi connectivity index (χ2n) is 6.91. The molecule has 0 saturated carbocycles. The minimum Gasteiger partial charge on any atom is -0.464 e. The topological polar surface area (TPSA) is 80.3 Å². The molecule has 0 radical (unpaired) electrons. The number of methoxy groups -OCH3 is 1. The number of nitrogens with two attached hydrogens (primary N) is 1. The van der Waals surface area contributed by atoms with Crippen LogP contribution in [0.1, 0.15) is 37.4 Å². The predicted molar refractivity (Wildman–Crippen MR) is 90.3 cm³/mol. The van der Waals surface area contributed by atoms with Gasteiger partial charge in [0.05, 0.1) is 7.11 Å². The zero-order chi connectivity index (χ0) is 18.4. The van der Waals surface area contributed by atoms with Crippen LogP contribution in [-0.2, 0) is 19.1 Å². The number of fused-ring (bicyclic) bond motifs is 1. The molecule has 0 bridgehead atoms.